The fourth-order valence-corrected chi connectivity index (χ4v) is 2.26. The SMILES string of the molecule is CCNC(=NCC(=O)N(C)C)NC1CC1c1ccccc1F.I. The molecule has 23 heavy (non-hydrogen) atoms. The smallest absolute Gasteiger partial charge is 0.243 e. The van der Waals surface area contributed by atoms with E-state index < -0.39 is 0 Å². The van der Waals surface area contributed by atoms with Gasteiger partial charge < -0.3 is 15.5 Å². The van der Waals surface area contributed by atoms with Gasteiger partial charge in [0.2, 0.25) is 5.91 Å². The summed E-state index contributed by atoms with van der Waals surface area (Å²) in [5.74, 6) is 0.538. The molecule has 1 amide bonds. The quantitative estimate of drug-likeness (QED) is 0.423. The van der Waals surface area contributed by atoms with Crippen molar-refractivity contribution in [1.82, 2.24) is 15.5 Å². The lowest BCUT2D eigenvalue weighted by atomic mass is 10.1. The largest absolute Gasteiger partial charge is 0.357 e. The molecule has 128 valence electrons. The Morgan fingerprint density at radius 3 is 2.70 bits per heavy atom. The van der Waals surface area contributed by atoms with Crippen LogP contribution in [0.2, 0.25) is 0 Å². The van der Waals surface area contributed by atoms with Crippen LogP contribution in [0, 0.1) is 5.82 Å². The molecule has 1 aliphatic carbocycles. The van der Waals surface area contributed by atoms with Gasteiger partial charge in [-0.1, -0.05) is 18.2 Å². The number of guanidine groups is 1. The zero-order chi connectivity index (χ0) is 16.1. The Morgan fingerprint density at radius 1 is 1.39 bits per heavy atom. The molecule has 2 rings (SSSR count). The van der Waals surface area contributed by atoms with Crippen molar-refractivity contribution in [3.63, 3.8) is 0 Å². The fraction of sp³-hybridized carbons (Fsp3) is 0.500. The highest BCUT2D eigenvalue weighted by molar-refractivity contribution is 14.0. The number of hydrogen-bond acceptors (Lipinski definition) is 2. The van der Waals surface area contributed by atoms with E-state index in [-0.39, 0.29) is 54.2 Å². The molecule has 0 bridgehead atoms. The van der Waals surface area contributed by atoms with E-state index in [1.54, 1.807) is 20.2 Å². The van der Waals surface area contributed by atoms with Crippen molar-refractivity contribution >= 4 is 35.8 Å². The molecule has 1 aromatic carbocycles. The maximum absolute atomic E-state index is 13.8. The van der Waals surface area contributed by atoms with Crippen molar-refractivity contribution in [2.75, 3.05) is 27.2 Å². The lowest BCUT2D eigenvalue weighted by molar-refractivity contribution is -0.127. The Morgan fingerprint density at radius 2 is 2.09 bits per heavy atom. The summed E-state index contributed by atoms with van der Waals surface area (Å²) < 4.78 is 13.8. The molecule has 0 spiro atoms. The number of nitrogens with one attached hydrogen (secondary N) is 2. The Balaban J connectivity index is 0.00000264. The molecular weight excluding hydrogens is 410 g/mol. The van der Waals surface area contributed by atoms with Crippen LogP contribution in [0.25, 0.3) is 0 Å². The van der Waals surface area contributed by atoms with Gasteiger partial charge in [0, 0.05) is 32.6 Å². The van der Waals surface area contributed by atoms with Gasteiger partial charge in [-0.25, -0.2) is 9.38 Å². The summed E-state index contributed by atoms with van der Waals surface area (Å²) >= 11 is 0. The van der Waals surface area contributed by atoms with Crippen molar-refractivity contribution in [3.8, 4) is 0 Å². The van der Waals surface area contributed by atoms with E-state index in [0.717, 1.165) is 12.0 Å². The van der Waals surface area contributed by atoms with Crippen molar-refractivity contribution in [2.24, 2.45) is 4.99 Å². The first kappa shape index (κ1) is 19.7. The van der Waals surface area contributed by atoms with Gasteiger partial charge >= 0.3 is 0 Å². The molecule has 1 saturated carbocycles. The lowest BCUT2D eigenvalue weighted by Crippen LogP contribution is -2.40. The highest BCUT2D eigenvalue weighted by Crippen LogP contribution is 2.41. The zero-order valence-corrected chi connectivity index (χ0v) is 16.0. The van der Waals surface area contributed by atoms with Gasteiger partial charge in [-0.2, -0.15) is 0 Å². The molecule has 2 N–H and O–H groups in total. The molecule has 2 atom stereocenters. The predicted molar refractivity (Wildman–Crippen MR) is 101 cm³/mol. The molecule has 1 aliphatic rings. The number of rotatable bonds is 5. The van der Waals surface area contributed by atoms with Gasteiger partial charge in [0.05, 0.1) is 0 Å². The maximum atomic E-state index is 13.8. The van der Waals surface area contributed by atoms with E-state index >= 15 is 0 Å². The summed E-state index contributed by atoms with van der Waals surface area (Å²) in [6.45, 7) is 2.77. The third-order valence-corrected chi connectivity index (χ3v) is 3.63. The summed E-state index contributed by atoms with van der Waals surface area (Å²) in [5, 5.41) is 6.37. The molecule has 7 heteroatoms. The Bertz CT molecular complexity index is 565. The Hall–Kier alpha value is -1.38. The summed E-state index contributed by atoms with van der Waals surface area (Å²) in [6, 6.07) is 7.01. The van der Waals surface area contributed by atoms with Crippen LogP contribution in [0.5, 0.6) is 0 Å². The number of aliphatic imine (C=N–C) groups is 1. The maximum Gasteiger partial charge on any atom is 0.243 e. The zero-order valence-electron chi connectivity index (χ0n) is 13.7. The number of amides is 1. The second kappa shape index (κ2) is 9.05. The molecule has 2 unspecified atom stereocenters. The lowest BCUT2D eigenvalue weighted by Gasteiger charge is -2.13. The van der Waals surface area contributed by atoms with E-state index in [9.17, 15) is 9.18 Å². The second-order valence-electron chi connectivity index (χ2n) is 5.60. The Labute approximate surface area is 153 Å². The number of hydrogen-bond donors (Lipinski definition) is 2. The van der Waals surface area contributed by atoms with Crippen LogP contribution < -0.4 is 10.6 Å². The number of carbonyl (C=O) groups excluding carboxylic acids is 1. The highest BCUT2D eigenvalue weighted by Gasteiger charge is 2.40. The average molecular weight is 434 g/mol. The minimum absolute atomic E-state index is 0. The van der Waals surface area contributed by atoms with Crippen molar-refractivity contribution < 1.29 is 9.18 Å². The predicted octanol–water partition coefficient (Wildman–Crippen LogP) is 1.94. The first-order chi connectivity index (χ1) is 10.5. The third-order valence-electron chi connectivity index (χ3n) is 3.63. The molecular formula is C16H24FIN4O. The van der Waals surface area contributed by atoms with Crippen LogP contribution in [-0.2, 0) is 4.79 Å². The van der Waals surface area contributed by atoms with E-state index in [1.165, 1.54) is 11.0 Å². The van der Waals surface area contributed by atoms with Crippen molar-refractivity contribution in [2.45, 2.75) is 25.3 Å². The van der Waals surface area contributed by atoms with E-state index in [0.29, 0.717) is 12.5 Å². The standard InChI is InChI=1S/C16H23FN4O.HI/c1-4-18-16(19-10-15(22)21(2)3)20-14-9-12(14)11-7-5-6-8-13(11)17;/h5-8,12,14H,4,9-10H2,1-3H3,(H2,18,19,20);1H. The molecule has 0 saturated heterocycles. The monoisotopic (exact) mass is 434 g/mol. The normalized spacial score (nSPS) is 19.6. The number of halogens is 2. The van der Waals surface area contributed by atoms with Crippen LogP contribution in [0.15, 0.2) is 29.3 Å². The van der Waals surface area contributed by atoms with Gasteiger partial charge in [-0.3, -0.25) is 4.79 Å². The molecule has 5 nitrogen and oxygen atoms in total. The van der Waals surface area contributed by atoms with Gasteiger partial charge in [0.15, 0.2) is 5.96 Å². The number of nitrogens with zero attached hydrogens (tertiary/aromatic N) is 2. The Kier molecular flexibility index (Phi) is 7.74. The summed E-state index contributed by atoms with van der Waals surface area (Å²) in [4.78, 5) is 17.4. The third kappa shape index (κ3) is 5.63. The number of benzene rings is 1. The van der Waals surface area contributed by atoms with Crippen LogP contribution in [0.4, 0.5) is 4.39 Å². The average Bonchev–Trinajstić information content (AvgIpc) is 3.24. The van der Waals surface area contributed by atoms with Gasteiger partial charge in [0.1, 0.15) is 12.4 Å². The first-order valence-electron chi connectivity index (χ1n) is 7.52. The van der Waals surface area contributed by atoms with Gasteiger partial charge in [-0.05, 0) is 25.0 Å². The minimum atomic E-state index is -0.165. The fourth-order valence-electron chi connectivity index (χ4n) is 2.26. The first-order valence-corrected chi connectivity index (χ1v) is 7.52. The molecule has 1 aromatic rings. The molecule has 0 aliphatic heterocycles. The molecule has 0 heterocycles. The topological polar surface area (TPSA) is 56.7 Å². The highest BCUT2D eigenvalue weighted by atomic mass is 127. The van der Waals surface area contributed by atoms with E-state index in [4.69, 9.17) is 0 Å². The van der Waals surface area contributed by atoms with Crippen molar-refractivity contribution in [1.29, 1.82) is 0 Å². The van der Waals surface area contributed by atoms with Crippen LogP contribution >= 0.6 is 24.0 Å². The van der Waals surface area contributed by atoms with Crippen LogP contribution in [0.1, 0.15) is 24.8 Å². The van der Waals surface area contributed by atoms with Crippen LogP contribution in [-0.4, -0.2) is 50.0 Å². The number of likely N-dealkylation sites (N-methyl/N-ethyl adjacent to an activating group) is 1. The minimum Gasteiger partial charge on any atom is -0.357 e. The molecule has 1 fully saturated rings. The summed E-state index contributed by atoms with van der Waals surface area (Å²) in [7, 11) is 3.40. The molecule has 0 radical (unpaired) electrons. The van der Waals surface area contributed by atoms with Crippen LogP contribution in [0.3, 0.4) is 0 Å². The number of carbonyl (C=O) groups is 1. The van der Waals surface area contributed by atoms with Crippen molar-refractivity contribution in [3.05, 3.63) is 35.6 Å². The van der Waals surface area contributed by atoms with Gasteiger partial charge in [-0.15, -0.1) is 24.0 Å². The second-order valence-corrected chi connectivity index (χ2v) is 5.60. The van der Waals surface area contributed by atoms with E-state index in [1.807, 2.05) is 19.1 Å². The van der Waals surface area contributed by atoms with E-state index in [2.05, 4.69) is 15.6 Å². The summed E-state index contributed by atoms with van der Waals surface area (Å²) in [5.41, 5.74) is 0.736. The van der Waals surface area contributed by atoms with Gasteiger partial charge in [0.25, 0.3) is 0 Å². The molecule has 0 aromatic heterocycles. The summed E-state index contributed by atoms with van der Waals surface area (Å²) in [6.07, 6.45) is 0.868.